The fourth-order valence-electron chi connectivity index (χ4n) is 3.66. The van der Waals surface area contributed by atoms with Gasteiger partial charge in [0.15, 0.2) is 0 Å². The van der Waals surface area contributed by atoms with E-state index in [-0.39, 0.29) is 17.1 Å². The average Bonchev–Trinajstić information content (AvgIpc) is 3.22. The van der Waals surface area contributed by atoms with Gasteiger partial charge in [-0.25, -0.2) is 9.18 Å². The molecule has 0 aliphatic carbocycles. The van der Waals surface area contributed by atoms with Gasteiger partial charge in [-0.05, 0) is 36.2 Å². The number of ether oxygens (including phenoxy) is 1. The first-order valence-electron chi connectivity index (χ1n) is 9.65. The van der Waals surface area contributed by atoms with Gasteiger partial charge in [-0.3, -0.25) is 0 Å². The highest BCUT2D eigenvalue weighted by atomic mass is 19.1. The maximum absolute atomic E-state index is 13.3. The number of benzene rings is 2. The van der Waals surface area contributed by atoms with Crippen molar-refractivity contribution in [2.75, 3.05) is 6.54 Å². The number of carbonyl (C=O) groups is 1. The van der Waals surface area contributed by atoms with Gasteiger partial charge in [0.25, 0.3) is 0 Å². The summed E-state index contributed by atoms with van der Waals surface area (Å²) in [5.41, 5.74) is 4.15. The smallest absolute Gasteiger partial charge is 0.393 e. The molecule has 0 unspecified atom stereocenters. The van der Waals surface area contributed by atoms with Gasteiger partial charge < -0.3 is 20.0 Å². The van der Waals surface area contributed by atoms with Crippen LogP contribution in [0, 0.1) is 5.82 Å². The van der Waals surface area contributed by atoms with Crippen LogP contribution in [0.5, 0.6) is 5.88 Å². The first kappa shape index (κ1) is 19.1. The summed E-state index contributed by atoms with van der Waals surface area (Å²) in [4.78, 5) is 18.7. The molecule has 0 saturated heterocycles. The summed E-state index contributed by atoms with van der Waals surface area (Å²) >= 11 is 0. The lowest BCUT2D eigenvalue weighted by Crippen LogP contribution is -2.29. The molecule has 5 nitrogen and oxygen atoms in total. The molecule has 0 aliphatic heterocycles. The Balaban J connectivity index is 1.44. The fourth-order valence-corrected chi connectivity index (χ4v) is 3.66. The molecule has 1 amide bonds. The van der Waals surface area contributed by atoms with Gasteiger partial charge in [0.05, 0.1) is 0 Å². The third-order valence-electron chi connectivity index (χ3n) is 4.97. The Kier molecular flexibility index (Phi) is 4.78. The van der Waals surface area contributed by atoms with E-state index in [4.69, 9.17) is 4.74 Å². The molecule has 6 heteroatoms. The average molecular weight is 393 g/mol. The molecule has 0 radical (unpaired) electrons. The van der Waals surface area contributed by atoms with E-state index in [1.807, 2.05) is 12.1 Å². The number of halogens is 1. The van der Waals surface area contributed by atoms with Crippen LogP contribution in [0.15, 0.2) is 48.5 Å². The van der Waals surface area contributed by atoms with Gasteiger partial charge in [-0.1, -0.05) is 39.0 Å². The number of para-hydroxylation sites is 1. The largest absolute Gasteiger partial charge is 0.413 e. The van der Waals surface area contributed by atoms with Crippen molar-refractivity contribution in [2.45, 2.75) is 32.6 Å². The number of hydrogen-bond donors (Lipinski definition) is 3. The molecule has 3 N–H and O–H groups in total. The topological polar surface area (TPSA) is 69.9 Å². The Morgan fingerprint density at radius 2 is 1.86 bits per heavy atom. The molecule has 0 aliphatic rings. The number of hydrogen-bond acceptors (Lipinski definition) is 2. The second-order valence-electron chi connectivity index (χ2n) is 8.21. The lowest BCUT2D eigenvalue weighted by atomic mass is 9.88. The van der Waals surface area contributed by atoms with Crippen molar-refractivity contribution < 1.29 is 13.9 Å². The molecule has 4 aromatic rings. The molecule has 0 saturated carbocycles. The van der Waals surface area contributed by atoms with Gasteiger partial charge in [-0.2, -0.15) is 0 Å². The quantitative estimate of drug-likeness (QED) is 0.433. The maximum Gasteiger partial charge on any atom is 0.413 e. The lowest BCUT2D eigenvalue weighted by Gasteiger charge is -2.19. The van der Waals surface area contributed by atoms with Crippen LogP contribution in [0.4, 0.5) is 9.18 Å². The summed E-state index contributed by atoms with van der Waals surface area (Å²) in [5.74, 6) is -0.0496. The van der Waals surface area contributed by atoms with E-state index in [2.05, 4.69) is 48.2 Å². The van der Waals surface area contributed by atoms with Crippen LogP contribution in [0.25, 0.3) is 21.8 Å². The second kappa shape index (κ2) is 7.28. The molecule has 0 fully saturated rings. The van der Waals surface area contributed by atoms with E-state index in [0.29, 0.717) is 23.9 Å². The zero-order chi connectivity index (χ0) is 20.6. The Bertz CT molecular complexity index is 1180. The van der Waals surface area contributed by atoms with Crippen molar-refractivity contribution in [1.29, 1.82) is 0 Å². The van der Waals surface area contributed by atoms with Crippen LogP contribution < -0.4 is 10.1 Å². The van der Waals surface area contributed by atoms with Crippen molar-refractivity contribution in [1.82, 2.24) is 15.3 Å². The molecule has 150 valence electrons. The summed E-state index contributed by atoms with van der Waals surface area (Å²) in [6.45, 7) is 6.95. The Labute approximate surface area is 168 Å². The molecule has 0 atom stereocenters. The minimum atomic E-state index is -0.547. The molecule has 0 spiro atoms. The Morgan fingerprint density at radius 1 is 1.07 bits per heavy atom. The number of aromatic nitrogens is 2. The summed E-state index contributed by atoms with van der Waals surface area (Å²) in [5, 5.41) is 4.62. The predicted molar refractivity (Wildman–Crippen MR) is 113 cm³/mol. The van der Waals surface area contributed by atoms with Crippen molar-refractivity contribution in [3.05, 3.63) is 65.6 Å². The number of carbonyl (C=O) groups excluding carboxylic acids is 1. The first-order valence-corrected chi connectivity index (χ1v) is 9.65. The zero-order valence-corrected chi connectivity index (χ0v) is 16.7. The fraction of sp³-hybridized carbons (Fsp3) is 0.261. The van der Waals surface area contributed by atoms with E-state index < -0.39 is 6.09 Å². The van der Waals surface area contributed by atoms with Crippen LogP contribution in [0.1, 0.15) is 32.0 Å². The lowest BCUT2D eigenvalue weighted by molar-refractivity contribution is 0.199. The molecule has 29 heavy (non-hydrogen) atoms. The highest BCUT2D eigenvalue weighted by Gasteiger charge is 2.22. The molecule has 2 aromatic carbocycles. The maximum atomic E-state index is 13.3. The highest BCUT2D eigenvalue weighted by molar-refractivity contribution is 5.85. The van der Waals surface area contributed by atoms with Gasteiger partial charge in [-0.15, -0.1) is 0 Å². The van der Waals surface area contributed by atoms with E-state index in [1.165, 1.54) is 28.8 Å². The van der Waals surface area contributed by atoms with Crippen LogP contribution >= 0.6 is 0 Å². The summed E-state index contributed by atoms with van der Waals surface area (Å²) < 4.78 is 18.6. The van der Waals surface area contributed by atoms with E-state index >= 15 is 0 Å². The van der Waals surface area contributed by atoms with Gasteiger partial charge in [0, 0.05) is 45.5 Å². The Morgan fingerprint density at radius 3 is 2.66 bits per heavy atom. The van der Waals surface area contributed by atoms with Crippen molar-refractivity contribution in [3.8, 4) is 5.88 Å². The van der Waals surface area contributed by atoms with Crippen molar-refractivity contribution in [3.63, 3.8) is 0 Å². The monoisotopic (exact) mass is 393 g/mol. The Hall–Kier alpha value is -3.28. The van der Waals surface area contributed by atoms with Gasteiger partial charge in [0.2, 0.25) is 5.88 Å². The summed E-state index contributed by atoms with van der Waals surface area (Å²) in [6.07, 6.45) is 0.137. The van der Waals surface area contributed by atoms with Crippen LogP contribution in [-0.2, 0) is 11.8 Å². The van der Waals surface area contributed by atoms with Crippen molar-refractivity contribution >= 4 is 27.9 Å². The van der Waals surface area contributed by atoms with E-state index in [9.17, 15) is 9.18 Å². The summed E-state index contributed by atoms with van der Waals surface area (Å²) in [6, 6.07) is 14.2. The normalized spacial score (nSPS) is 11.9. The third kappa shape index (κ3) is 3.97. The number of fused-ring (bicyclic) bond motifs is 2. The van der Waals surface area contributed by atoms with Crippen LogP contribution in [0.2, 0.25) is 0 Å². The number of amides is 1. The minimum absolute atomic E-state index is 0.0332. The van der Waals surface area contributed by atoms with E-state index in [1.54, 1.807) is 12.1 Å². The number of nitrogens with one attached hydrogen (secondary N) is 3. The van der Waals surface area contributed by atoms with Crippen LogP contribution in [0.3, 0.4) is 0 Å². The molecule has 2 aromatic heterocycles. The number of H-pyrrole nitrogens is 2. The van der Waals surface area contributed by atoms with Gasteiger partial charge >= 0.3 is 6.09 Å². The number of aromatic amines is 2. The molecular weight excluding hydrogens is 369 g/mol. The molecular formula is C23H24FN3O2. The minimum Gasteiger partial charge on any atom is -0.393 e. The van der Waals surface area contributed by atoms with E-state index in [0.717, 1.165) is 5.52 Å². The van der Waals surface area contributed by atoms with Gasteiger partial charge in [0.1, 0.15) is 5.82 Å². The van der Waals surface area contributed by atoms with Crippen LogP contribution in [-0.4, -0.2) is 22.6 Å². The highest BCUT2D eigenvalue weighted by Crippen LogP contribution is 2.31. The second-order valence-corrected chi connectivity index (χ2v) is 8.21. The molecule has 4 rings (SSSR count). The zero-order valence-electron chi connectivity index (χ0n) is 16.7. The third-order valence-corrected chi connectivity index (χ3v) is 4.97. The SMILES string of the molecule is CC(C)(C)c1[nH]c2ccccc2c1CCNC(=O)Oc1cc2cc(F)ccc2[nH]1. The number of rotatable bonds is 4. The van der Waals surface area contributed by atoms with Crippen molar-refractivity contribution in [2.24, 2.45) is 0 Å². The first-order chi connectivity index (χ1) is 13.8. The molecule has 0 bridgehead atoms. The predicted octanol–water partition coefficient (Wildman–Crippen LogP) is 5.42. The summed E-state index contributed by atoms with van der Waals surface area (Å²) in [7, 11) is 0. The standard InChI is InChI=1S/C23H24FN3O2/c1-23(2,3)21-17(16-6-4-5-7-19(16)27-21)10-11-25-22(28)29-20-13-14-12-15(24)8-9-18(14)26-20/h4-9,12-13,26-27H,10-11H2,1-3H3,(H,25,28). The molecule has 2 heterocycles.